The van der Waals surface area contributed by atoms with Crippen LogP contribution in [0.5, 0.6) is 0 Å². The zero-order chi connectivity index (χ0) is 21.8. The van der Waals surface area contributed by atoms with Crippen molar-refractivity contribution in [3.63, 3.8) is 0 Å². The minimum atomic E-state index is -3.59. The van der Waals surface area contributed by atoms with Crippen LogP contribution in [0.1, 0.15) is 21.9 Å². The third kappa shape index (κ3) is 5.71. The Labute approximate surface area is 174 Å². The van der Waals surface area contributed by atoms with E-state index in [2.05, 4.69) is 10.0 Å². The van der Waals surface area contributed by atoms with Gasteiger partial charge in [-0.15, -0.1) is 0 Å². The minimum absolute atomic E-state index is 0.0400. The molecular formula is C20H20N2O6S2. The van der Waals surface area contributed by atoms with Gasteiger partial charge in [0.1, 0.15) is 11.5 Å². The first-order valence-corrected chi connectivity index (χ1v) is 12.4. The summed E-state index contributed by atoms with van der Waals surface area (Å²) >= 11 is 0. The molecule has 0 aliphatic rings. The molecular weight excluding hydrogens is 428 g/mol. The Kier molecular flexibility index (Phi) is 6.28. The maximum absolute atomic E-state index is 12.4. The van der Waals surface area contributed by atoms with Gasteiger partial charge in [-0.25, -0.2) is 16.8 Å². The normalized spacial score (nSPS) is 11.8. The number of carbonyl (C=O) groups is 1. The number of carbonyl (C=O) groups excluding carboxylic acids is 1. The van der Waals surface area contributed by atoms with E-state index in [1.807, 2.05) is 0 Å². The van der Waals surface area contributed by atoms with Crippen LogP contribution in [-0.4, -0.2) is 29.0 Å². The van der Waals surface area contributed by atoms with E-state index < -0.39 is 25.8 Å². The average molecular weight is 449 g/mol. The molecule has 1 amide bonds. The molecule has 3 rings (SSSR count). The predicted octanol–water partition coefficient (Wildman–Crippen LogP) is 2.56. The number of para-hydroxylation sites is 1. The van der Waals surface area contributed by atoms with Crippen molar-refractivity contribution in [2.45, 2.75) is 17.2 Å². The van der Waals surface area contributed by atoms with E-state index in [9.17, 15) is 21.6 Å². The molecule has 30 heavy (non-hydrogen) atoms. The predicted molar refractivity (Wildman–Crippen MR) is 112 cm³/mol. The summed E-state index contributed by atoms with van der Waals surface area (Å²) in [6.07, 6.45) is 1.04. The first-order valence-electron chi connectivity index (χ1n) is 8.84. The summed E-state index contributed by atoms with van der Waals surface area (Å²) < 4.78 is 55.6. The van der Waals surface area contributed by atoms with Crippen LogP contribution in [0.15, 0.2) is 76.0 Å². The van der Waals surface area contributed by atoms with Crippen molar-refractivity contribution in [2.24, 2.45) is 0 Å². The van der Waals surface area contributed by atoms with Gasteiger partial charge in [-0.05, 0) is 35.9 Å². The Bertz CT molecular complexity index is 1250. The lowest BCUT2D eigenvalue weighted by Gasteiger charge is -2.11. The third-order valence-electron chi connectivity index (χ3n) is 4.07. The number of hydrogen-bond acceptors (Lipinski definition) is 6. The first kappa shape index (κ1) is 21.6. The van der Waals surface area contributed by atoms with Crippen molar-refractivity contribution in [3.8, 4) is 0 Å². The molecule has 0 unspecified atom stereocenters. The molecule has 0 radical (unpaired) electrons. The minimum Gasteiger partial charge on any atom is -0.455 e. The van der Waals surface area contributed by atoms with Gasteiger partial charge in [0.25, 0.3) is 5.91 Å². The van der Waals surface area contributed by atoms with Crippen LogP contribution in [0.2, 0.25) is 0 Å². The van der Waals surface area contributed by atoms with Gasteiger partial charge in [0, 0.05) is 6.54 Å². The summed E-state index contributed by atoms with van der Waals surface area (Å²) in [5.74, 6) is -0.816. The van der Waals surface area contributed by atoms with Crippen LogP contribution in [0.25, 0.3) is 0 Å². The SMILES string of the molecule is CS(=O)(=O)Nc1ccccc1CNC(=O)c1ccc(CS(=O)(=O)c2ccccc2)o1. The molecule has 158 valence electrons. The van der Waals surface area contributed by atoms with Gasteiger partial charge in [0.05, 0.1) is 16.8 Å². The Hall–Kier alpha value is -3.11. The summed E-state index contributed by atoms with van der Waals surface area (Å²) in [5, 5.41) is 2.63. The summed E-state index contributed by atoms with van der Waals surface area (Å²) in [6, 6.07) is 17.4. The van der Waals surface area contributed by atoms with Gasteiger partial charge in [-0.1, -0.05) is 36.4 Å². The van der Waals surface area contributed by atoms with Crippen LogP contribution in [-0.2, 0) is 32.2 Å². The maximum atomic E-state index is 12.4. The smallest absolute Gasteiger partial charge is 0.287 e. The van der Waals surface area contributed by atoms with Crippen molar-refractivity contribution in [2.75, 3.05) is 11.0 Å². The zero-order valence-electron chi connectivity index (χ0n) is 16.0. The Morgan fingerprint density at radius 2 is 1.57 bits per heavy atom. The topological polar surface area (TPSA) is 123 Å². The lowest BCUT2D eigenvalue weighted by molar-refractivity contribution is 0.0921. The molecule has 0 bridgehead atoms. The number of sulfone groups is 1. The van der Waals surface area contributed by atoms with Crippen molar-refractivity contribution < 1.29 is 26.0 Å². The van der Waals surface area contributed by atoms with Gasteiger partial charge in [0.2, 0.25) is 10.0 Å². The molecule has 0 fully saturated rings. The Morgan fingerprint density at radius 1 is 0.900 bits per heavy atom. The van der Waals surface area contributed by atoms with Crippen LogP contribution < -0.4 is 10.0 Å². The van der Waals surface area contributed by atoms with Gasteiger partial charge < -0.3 is 9.73 Å². The van der Waals surface area contributed by atoms with Crippen molar-refractivity contribution >= 4 is 31.5 Å². The largest absolute Gasteiger partial charge is 0.455 e. The van der Waals surface area contributed by atoms with Crippen LogP contribution in [0.4, 0.5) is 5.69 Å². The summed E-state index contributed by atoms with van der Waals surface area (Å²) in [6.45, 7) is 0.0515. The summed E-state index contributed by atoms with van der Waals surface area (Å²) in [5.41, 5.74) is 0.920. The monoisotopic (exact) mass is 448 g/mol. The number of nitrogens with one attached hydrogen (secondary N) is 2. The highest BCUT2D eigenvalue weighted by molar-refractivity contribution is 7.92. The van der Waals surface area contributed by atoms with Crippen molar-refractivity contribution in [1.82, 2.24) is 5.32 Å². The summed E-state index contributed by atoms with van der Waals surface area (Å²) in [7, 11) is -7.06. The van der Waals surface area contributed by atoms with E-state index in [4.69, 9.17) is 4.42 Å². The zero-order valence-corrected chi connectivity index (χ0v) is 17.7. The van der Waals surface area contributed by atoms with Crippen molar-refractivity contribution in [3.05, 3.63) is 83.8 Å². The van der Waals surface area contributed by atoms with Gasteiger partial charge >= 0.3 is 0 Å². The number of sulfonamides is 1. The highest BCUT2D eigenvalue weighted by atomic mass is 32.2. The molecule has 2 aromatic carbocycles. The number of rotatable bonds is 8. The number of hydrogen-bond donors (Lipinski definition) is 2. The maximum Gasteiger partial charge on any atom is 0.287 e. The van der Waals surface area contributed by atoms with Crippen molar-refractivity contribution in [1.29, 1.82) is 0 Å². The van der Waals surface area contributed by atoms with E-state index in [1.54, 1.807) is 42.5 Å². The number of benzene rings is 2. The number of furan rings is 1. The molecule has 0 aliphatic heterocycles. The molecule has 8 nitrogen and oxygen atoms in total. The molecule has 1 heterocycles. The fraction of sp³-hybridized carbons (Fsp3) is 0.150. The number of anilines is 1. The first-order chi connectivity index (χ1) is 14.1. The second-order valence-corrected chi connectivity index (χ2v) is 10.3. The molecule has 2 N–H and O–H groups in total. The van der Waals surface area contributed by atoms with Crippen LogP contribution >= 0.6 is 0 Å². The van der Waals surface area contributed by atoms with Gasteiger partial charge in [-0.3, -0.25) is 9.52 Å². The lowest BCUT2D eigenvalue weighted by Crippen LogP contribution is -2.23. The van der Waals surface area contributed by atoms with Crippen LogP contribution in [0, 0.1) is 0 Å². The van der Waals surface area contributed by atoms with E-state index in [-0.39, 0.29) is 28.7 Å². The molecule has 1 aromatic heterocycles. The van der Waals surface area contributed by atoms with E-state index in [0.717, 1.165) is 6.26 Å². The van der Waals surface area contributed by atoms with Gasteiger partial charge in [0.15, 0.2) is 15.6 Å². The Balaban J connectivity index is 1.67. The fourth-order valence-corrected chi connectivity index (χ4v) is 4.58. The van der Waals surface area contributed by atoms with E-state index >= 15 is 0 Å². The van der Waals surface area contributed by atoms with E-state index in [1.165, 1.54) is 24.3 Å². The second kappa shape index (κ2) is 8.72. The molecule has 0 atom stereocenters. The molecule has 10 heteroatoms. The highest BCUT2D eigenvalue weighted by Crippen LogP contribution is 2.19. The van der Waals surface area contributed by atoms with Gasteiger partial charge in [-0.2, -0.15) is 0 Å². The molecule has 0 saturated heterocycles. The van der Waals surface area contributed by atoms with Crippen LogP contribution in [0.3, 0.4) is 0 Å². The summed E-state index contributed by atoms with van der Waals surface area (Å²) in [4.78, 5) is 12.5. The fourth-order valence-electron chi connectivity index (χ4n) is 2.71. The number of amides is 1. The second-order valence-electron chi connectivity index (χ2n) is 6.55. The molecule has 3 aromatic rings. The average Bonchev–Trinajstić information content (AvgIpc) is 3.14. The lowest BCUT2D eigenvalue weighted by atomic mass is 10.2. The Morgan fingerprint density at radius 3 is 2.27 bits per heavy atom. The standard InChI is InChI=1S/C20H20N2O6S2/c1-29(24,25)22-18-10-6-5-7-15(18)13-21-20(23)19-12-11-16(28-19)14-30(26,27)17-8-3-2-4-9-17/h2-12,22H,13-14H2,1H3,(H,21,23). The van der Waals surface area contributed by atoms with E-state index in [0.29, 0.717) is 11.3 Å². The third-order valence-corrected chi connectivity index (χ3v) is 6.32. The molecule has 0 saturated carbocycles. The molecule has 0 aliphatic carbocycles. The molecule has 0 spiro atoms. The quantitative estimate of drug-likeness (QED) is 0.546. The highest BCUT2D eigenvalue weighted by Gasteiger charge is 2.19.